The highest BCUT2D eigenvalue weighted by Crippen LogP contribution is 2.27. The highest BCUT2D eigenvalue weighted by Gasteiger charge is 2.26. The first kappa shape index (κ1) is 15.5. The van der Waals surface area contributed by atoms with E-state index < -0.39 is 0 Å². The van der Waals surface area contributed by atoms with Crippen LogP contribution in [0.2, 0.25) is 0 Å². The molecule has 1 saturated heterocycles. The van der Waals surface area contributed by atoms with Gasteiger partial charge in [-0.25, -0.2) is 4.98 Å². The van der Waals surface area contributed by atoms with Gasteiger partial charge in [0, 0.05) is 19.0 Å². The zero-order valence-corrected chi connectivity index (χ0v) is 13.7. The maximum absolute atomic E-state index is 12.8. The summed E-state index contributed by atoms with van der Waals surface area (Å²) in [4.78, 5) is 19.1. The van der Waals surface area contributed by atoms with Gasteiger partial charge in [0.25, 0.3) is 5.91 Å². The molecule has 1 aliphatic rings. The van der Waals surface area contributed by atoms with Crippen LogP contribution in [-0.2, 0) is 0 Å². The predicted molar refractivity (Wildman–Crippen MR) is 89.8 cm³/mol. The lowest BCUT2D eigenvalue weighted by molar-refractivity contribution is 0.0701. The quantitative estimate of drug-likeness (QED) is 0.872. The van der Waals surface area contributed by atoms with Crippen molar-refractivity contribution in [3.63, 3.8) is 0 Å². The summed E-state index contributed by atoms with van der Waals surface area (Å²) in [6.45, 7) is 3.42. The van der Waals surface area contributed by atoms with E-state index in [9.17, 15) is 4.79 Å². The molecular weight excluding hydrogens is 288 g/mol. The number of carbonyl (C=O) groups is 1. The highest BCUT2D eigenvalue weighted by atomic mass is 16.5. The lowest BCUT2D eigenvalue weighted by atomic mass is 9.90. The van der Waals surface area contributed by atoms with E-state index in [4.69, 9.17) is 4.74 Å². The van der Waals surface area contributed by atoms with E-state index >= 15 is 0 Å². The van der Waals surface area contributed by atoms with Crippen LogP contribution in [0, 0.1) is 6.92 Å². The van der Waals surface area contributed by atoms with E-state index in [1.165, 1.54) is 5.56 Å². The summed E-state index contributed by atoms with van der Waals surface area (Å²) < 4.78 is 5.21. The van der Waals surface area contributed by atoms with Crippen LogP contribution >= 0.6 is 0 Å². The Morgan fingerprint density at radius 3 is 2.70 bits per heavy atom. The molecule has 120 valence electrons. The molecule has 2 heterocycles. The molecule has 4 nitrogen and oxygen atoms in total. The van der Waals surface area contributed by atoms with Crippen molar-refractivity contribution in [2.45, 2.75) is 25.7 Å². The van der Waals surface area contributed by atoms with E-state index in [2.05, 4.69) is 29.2 Å². The van der Waals surface area contributed by atoms with Crippen molar-refractivity contribution in [2.75, 3.05) is 20.2 Å². The van der Waals surface area contributed by atoms with Gasteiger partial charge in [-0.2, -0.15) is 0 Å². The van der Waals surface area contributed by atoms with E-state index in [0.717, 1.165) is 31.6 Å². The Morgan fingerprint density at radius 2 is 2.00 bits per heavy atom. The molecule has 0 saturated carbocycles. The molecule has 4 heteroatoms. The maximum atomic E-state index is 12.8. The Bertz CT molecular complexity index is 685. The molecule has 0 bridgehead atoms. The molecule has 0 aliphatic carbocycles. The smallest absolute Gasteiger partial charge is 0.272 e. The van der Waals surface area contributed by atoms with Crippen molar-refractivity contribution >= 4 is 5.91 Å². The molecule has 1 aromatic carbocycles. The minimum Gasteiger partial charge on any atom is -0.495 e. The molecule has 1 fully saturated rings. The number of carbonyl (C=O) groups excluding carboxylic acids is 1. The van der Waals surface area contributed by atoms with E-state index in [0.29, 0.717) is 17.4 Å². The molecule has 3 rings (SSSR count). The standard InChI is InChI=1S/C19H22N2O2/c1-14-18(23-2)11-10-17(20-14)19(22)21-12-6-9-16(13-21)15-7-4-3-5-8-15/h3-5,7-8,10-11,16H,6,9,12-13H2,1-2H3. The number of rotatable bonds is 3. The number of ether oxygens (including phenoxy) is 1. The zero-order chi connectivity index (χ0) is 16.2. The molecule has 0 spiro atoms. The summed E-state index contributed by atoms with van der Waals surface area (Å²) in [5.74, 6) is 1.13. The summed E-state index contributed by atoms with van der Waals surface area (Å²) in [7, 11) is 1.61. The summed E-state index contributed by atoms with van der Waals surface area (Å²) >= 11 is 0. The number of aryl methyl sites for hydroxylation is 1. The Morgan fingerprint density at radius 1 is 1.22 bits per heavy atom. The van der Waals surface area contributed by atoms with Gasteiger partial charge in [0.15, 0.2) is 0 Å². The van der Waals surface area contributed by atoms with Crippen molar-refractivity contribution in [1.82, 2.24) is 9.88 Å². The van der Waals surface area contributed by atoms with Gasteiger partial charge in [-0.3, -0.25) is 4.79 Å². The second kappa shape index (κ2) is 6.82. The van der Waals surface area contributed by atoms with Crippen molar-refractivity contribution in [3.05, 3.63) is 59.4 Å². The number of amides is 1. The third-order valence-electron chi connectivity index (χ3n) is 4.46. The minimum atomic E-state index is 0.0105. The normalized spacial score (nSPS) is 17.8. The van der Waals surface area contributed by atoms with Crippen molar-refractivity contribution < 1.29 is 9.53 Å². The fourth-order valence-corrected chi connectivity index (χ4v) is 3.20. The number of hydrogen-bond acceptors (Lipinski definition) is 3. The first-order valence-electron chi connectivity index (χ1n) is 8.05. The molecule has 1 aromatic heterocycles. The number of hydrogen-bond donors (Lipinski definition) is 0. The summed E-state index contributed by atoms with van der Waals surface area (Å²) in [5, 5.41) is 0. The van der Waals surface area contributed by atoms with Crippen molar-refractivity contribution in [1.29, 1.82) is 0 Å². The topological polar surface area (TPSA) is 42.4 Å². The average Bonchev–Trinajstić information content (AvgIpc) is 2.62. The van der Waals surface area contributed by atoms with Gasteiger partial charge >= 0.3 is 0 Å². The maximum Gasteiger partial charge on any atom is 0.272 e. The molecule has 1 aliphatic heterocycles. The van der Waals surface area contributed by atoms with E-state index in [1.807, 2.05) is 24.0 Å². The van der Waals surface area contributed by atoms with Gasteiger partial charge in [0.1, 0.15) is 11.4 Å². The highest BCUT2D eigenvalue weighted by molar-refractivity contribution is 5.92. The first-order valence-corrected chi connectivity index (χ1v) is 8.05. The molecule has 23 heavy (non-hydrogen) atoms. The largest absolute Gasteiger partial charge is 0.495 e. The fourth-order valence-electron chi connectivity index (χ4n) is 3.20. The van der Waals surface area contributed by atoms with Crippen LogP contribution in [0.5, 0.6) is 5.75 Å². The van der Waals surface area contributed by atoms with Crippen LogP contribution in [0.4, 0.5) is 0 Å². The van der Waals surface area contributed by atoms with Crippen LogP contribution in [-0.4, -0.2) is 36.0 Å². The van der Waals surface area contributed by atoms with Crippen LogP contribution in [0.25, 0.3) is 0 Å². The SMILES string of the molecule is COc1ccc(C(=O)N2CCCC(c3ccccc3)C2)nc1C. The Balaban J connectivity index is 1.76. The molecular formula is C19H22N2O2. The summed E-state index contributed by atoms with van der Waals surface area (Å²) in [6, 6.07) is 14.0. The molecule has 0 N–H and O–H groups in total. The Kier molecular flexibility index (Phi) is 4.60. The van der Waals surface area contributed by atoms with Gasteiger partial charge < -0.3 is 9.64 Å². The van der Waals surface area contributed by atoms with Gasteiger partial charge in [-0.1, -0.05) is 30.3 Å². The Labute approximate surface area is 137 Å². The summed E-state index contributed by atoms with van der Waals surface area (Å²) in [6.07, 6.45) is 2.16. The van der Waals surface area contributed by atoms with Gasteiger partial charge in [-0.05, 0) is 37.5 Å². The molecule has 1 unspecified atom stereocenters. The van der Waals surface area contributed by atoms with E-state index in [1.54, 1.807) is 13.2 Å². The number of likely N-dealkylation sites (tertiary alicyclic amines) is 1. The second-order valence-corrected chi connectivity index (χ2v) is 5.99. The van der Waals surface area contributed by atoms with Crippen LogP contribution in [0.3, 0.4) is 0 Å². The van der Waals surface area contributed by atoms with Crippen LogP contribution in [0.15, 0.2) is 42.5 Å². The van der Waals surface area contributed by atoms with Gasteiger partial charge in [-0.15, -0.1) is 0 Å². The lowest BCUT2D eigenvalue weighted by Gasteiger charge is -2.33. The lowest BCUT2D eigenvalue weighted by Crippen LogP contribution is -2.39. The zero-order valence-electron chi connectivity index (χ0n) is 13.7. The van der Waals surface area contributed by atoms with Crippen LogP contribution in [0.1, 0.15) is 40.5 Å². The number of aromatic nitrogens is 1. The minimum absolute atomic E-state index is 0.0105. The first-order chi connectivity index (χ1) is 11.2. The predicted octanol–water partition coefficient (Wildman–Crippen LogP) is 3.42. The molecule has 0 radical (unpaired) electrons. The number of pyridine rings is 1. The Hall–Kier alpha value is -2.36. The molecule has 1 amide bonds. The number of nitrogens with zero attached hydrogens (tertiary/aromatic N) is 2. The molecule has 1 atom stereocenters. The fraction of sp³-hybridized carbons (Fsp3) is 0.368. The van der Waals surface area contributed by atoms with E-state index in [-0.39, 0.29) is 5.91 Å². The average molecular weight is 310 g/mol. The third-order valence-corrected chi connectivity index (χ3v) is 4.46. The van der Waals surface area contributed by atoms with Crippen molar-refractivity contribution in [2.24, 2.45) is 0 Å². The number of benzene rings is 1. The summed E-state index contributed by atoms with van der Waals surface area (Å²) in [5.41, 5.74) is 2.55. The van der Waals surface area contributed by atoms with Crippen LogP contribution < -0.4 is 4.74 Å². The third kappa shape index (κ3) is 3.36. The number of methoxy groups -OCH3 is 1. The van der Waals surface area contributed by atoms with Gasteiger partial charge in [0.2, 0.25) is 0 Å². The molecule has 2 aromatic rings. The number of piperidine rings is 1. The second-order valence-electron chi connectivity index (χ2n) is 5.99. The van der Waals surface area contributed by atoms with Gasteiger partial charge in [0.05, 0.1) is 12.8 Å². The van der Waals surface area contributed by atoms with Crippen molar-refractivity contribution in [3.8, 4) is 5.75 Å². The monoisotopic (exact) mass is 310 g/mol.